The Balaban J connectivity index is 1.72. The van der Waals surface area contributed by atoms with Crippen LogP contribution in [0.25, 0.3) is 0 Å². The molecule has 0 aromatic heterocycles. The quantitative estimate of drug-likeness (QED) is 0.0610. The lowest BCUT2D eigenvalue weighted by Crippen LogP contribution is -2.42. The Labute approximate surface area is 359 Å². The minimum Gasteiger partial charge on any atom is -0.377 e. The van der Waals surface area contributed by atoms with E-state index in [0.717, 1.165) is 67.5 Å². The average Bonchev–Trinajstić information content (AvgIpc) is 3.69. The van der Waals surface area contributed by atoms with E-state index in [1.54, 1.807) is 42.7 Å². The van der Waals surface area contributed by atoms with Gasteiger partial charge in [0.15, 0.2) is 0 Å². The lowest BCUT2D eigenvalue weighted by atomic mass is 9.88. The summed E-state index contributed by atoms with van der Waals surface area (Å²) in [5.74, 6) is 6.18. The van der Waals surface area contributed by atoms with Crippen molar-refractivity contribution < 1.29 is 26.6 Å². The average molecular weight is 863 g/mol. The smallest absolute Gasteiger partial charge is 0.377 e. The van der Waals surface area contributed by atoms with Crippen LogP contribution >= 0.6 is 23.5 Å². The summed E-state index contributed by atoms with van der Waals surface area (Å²) in [6, 6.07) is 11.7. The van der Waals surface area contributed by atoms with Crippen molar-refractivity contribution in [2.45, 2.75) is 130 Å². The van der Waals surface area contributed by atoms with Crippen LogP contribution in [0.1, 0.15) is 138 Å². The molecule has 2 aromatic rings. The largest absolute Gasteiger partial charge is 0.500 e. The molecule has 0 radical (unpaired) electrons. The maximum Gasteiger partial charge on any atom is 0.500 e. The molecule has 0 spiro atoms. The van der Waals surface area contributed by atoms with Crippen molar-refractivity contribution in [2.24, 2.45) is 0 Å². The summed E-state index contributed by atoms with van der Waals surface area (Å²) in [4.78, 5) is 5.04. The van der Waals surface area contributed by atoms with E-state index in [0.29, 0.717) is 23.7 Å². The normalized spacial score (nSPS) is 13.9. The van der Waals surface area contributed by atoms with Crippen LogP contribution in [-0.2, 0) is 39.4 Å². The van der Waals surface area contributed by atoms with Gasteiger partial charge in [-0.1, -0.05) is 79.7 Å². The molecule has 0 saturated carbocycles. The SMILES string of the molecule is CO[Si](CCCSCCCc1cc(C(C)C)c(N2C=CN(c3c(C(C)C)cc(CCCSCCC[Si](OC)(OC)OC)cc3C(C)C)C2)c(C(C)C)c1)(OC)OC. The highest BCUT2D eigenvalue weighted by atomic mass is 32.2. The van der Waals surface area contributed by atoms with E-state index >= 15 is 0 Å². The van der Waals surface area contributed by atoms with Crippen molar-refractivity contribution in [3.05, 3.63) is 70.0 Å². The van der Waals surface area contributed by atoms with E-state index < -0.39 is 17.6 Å². The molecular weight excluding hydrogens is 785 g/mol. The number of thioether (sulfide) groups is 2. The topological polar surface area (TPSA) is 61.9 Å². The maximum atomic E-state index is 5.60. The van der Waals surface area contributed by atoms with Crippen molar-refractivity contribution >= 4 is 52.5 Å². The molecule has 0 unspecified atom stereocenters. The molecule has 1 aliphatic rings. The summed E-state index contributed by atoms with van der Waals surface area (Å²) in [6.07, 6.45) is 11.3. The number of aryl methyl sites for hydroxylation is 2. The number of hydrogen-bond donors (Lipinski definition) is 0. The van der Waals surface area contributed by atoms with E-state index in [1.807, 2.05) is 23.5 Å². The molecule has 0 N–H and O–H groups in total. The van der Waals surface area contributed by atoms with Crippen molar-refractivity contribution in [2.75, 3.05) is 82.1 Å². The van der Waals surface area contributed by atoms with Gasteiger partial charge in [-0.25, -0.2) is 0 Å². The number of nitrogens with zero attached hydrogens (tertiary/aromatic N) is 2. The second-order valence-corrected chi connectivity index (χ2v) is 25.1. The van der Waals surface area contributed by atoms with Crippen LogP contribution in [0.3, 0.4) is 0 Å². The van der Waals surface area contributed by atoms with Crippen molar-refractivity contribution in [3.63, 3.8) is 0 Å². The van der Waals surface area contributed by atoms with Crippen molar-refractivity contribution in [1.29, 1.82) is 0 Å². The molecule has 1 aliphatic heterocycles. The molecule has 57 heavy (non-hydrogen) atoms. The minimum absolute atomic E-state index is 0.424. The van der Waals surface area contributed by atoms with Crippen LogP contribution in [0.15, 0.2) is 36.7 Å². The Morgan fingerprint density at radius 1 is 0.474 bits per heavy atom. The molecule has 0 amide bonds. The van der Waals surface area contributed by atoms with E-state index in [-0.39, 0.29) is 0 Å². The first-order valence-corrected chi connectivity index (χ1v) is 27.4. The van der Waals surface area contributed by atoms with Crippen LogP contribution in [0.2, 0.25) is 12.1 Å². The van der Waals surface area contributed by atoms with Crippen LogP contribution < -0.4 is 9.80 Å². The summed E-state index contributed by atoms with van der Waals surface area (Å²) in [5, 5.41) is 0. The first-order valence-electron chi connectivity index (χ1n) is 21.3. The van der Waals surface area contributed by atoms with Gasteiger partial charge in [-0.3, -0.25) is 0 Å². The predicted octanol–water partition coefficient (Wildman–Crippen LogP) is 11.8. The molecule has 2 aromatic carbocycles. The molecule has 8 nitrogen and oxygen atoms in total. The molecule has 0 bridgehead atoms. The van der Waals surface area contributed by atoms with Gasteiger partial charge in [0.2, 0.25) is 0 Å². The van der Waals surface area contributed by atoms with Crippen LogP contribution in [0.5, 0.6) is 0 Å². The molecule has 0 atom stereocenters. The van der Waals surface area contributed by atoms with Gasteiger partial charge in [0.05, 0.1) is 6.67 Å². The first-order chi connectivity index (χ1) is 27.2. The molecule has 12 heteroatoms. The molecule has 324 valence electrons. The highest BCUT2D eigenvalue weighted by Gasteiger charge is 2.37. The third-order valence-electron chi connectivity index (χ3n) is 11.2. The Morgan fingerprint density at radius 3 is 1.02 bits per heavy atom. The Morgan fingerprint density at radius 2 is 0.754 bits per heavy atom. The Hall–Kier alpha value is -1.33. The number of anilines is 2. The monoisotopic (exact) mass is 862 g/mol. The van der Waals surface area contributed by atoms with E-state index in [1.165, 1.54) is 57.6 Å². The molecular formula is C45H78N2O6S2Si2. The van der Waals surface area contributed by atoms with Gasteiger partial charge in [0.25, 0.3) is 0 Å². The zero-order valence-corrected chi connectivity index (χ0v) is 41.8. The fourth-order valence-corrected chi connectivity index (χ4v) is 13.5. The van der Waals surface area contributed by atoms with Crippen LogP contribution in [0.4, 0.5) is 11.4 Å². The third kappa shape index (κ3) is 14.1. The van der Waals surface area contributed by atoms with Gasteiger partial charge in [-0.2, -0.15) is 23.5 Å². The maximum absolute atomic E-state index is 5.60. The minimum atomic E-state index is -2.48. The number of hydrogen-bond acceptors (Lipinski definition) is 10. The predicted molar refractivity (Wildman–Crippen MR) is 252 cm³/mol. The summed E-state index contributed by atoms with van der Waals surface area (Å²) in [7, 11) is 5.21. The molecule has 3 rings (SSSR count). The number of benzene rings is 2. The van der Waals surface area contributed by atoms with Gasteiger partial charge in [0, 0.05) is 78.5 Å². The van der Waals surface area contributed by atoms with E-state index in [4.69, 9.17) is 26.6 Å². The van der Waals surface area contributed by atoms with Crippen molar-refractivity contribution in [3.8, 4) is 0 Å². The van der Waals surface area contributed by atoms with Gasteiger partial charge < -0.3 is 36.4 Å². The summed E-state index contributed by atoms with van der Waals surface area (Å²) >= 11 is 4.05. The van der Waals surface area contributed by atoms with Crippen LogP contribution in [0, 0.1) is 0 Å². The zero-order valence-electron chi connectivity index (χ0n) is 38.1. The van der Waals surface area contributed by atoms with Gasteiger partial charge in [0.1, 0.15) is 0 Å². The van der Waals surface area contributed by atoms with E-state index in [2.05, 4.69) is 102 Å². The fraction of sp³-hybridized carbons (Fsp3) is 0.689. The standard InChI is InChI=1S/C45H78N2O6S2Si2/c1-34(2)40-29-38(19-15-23-54-25-17-27-56(48-9,49-10)50-11)30-41(35(3)4)44(40)46-21-22-47(33-46)45-42(36(5)6)31-39(32-43(45)37(7)8)20-16-24-55-26-18-28-57(51-12,52-13)53-14/h21-22,29-32,34-37H,15-20,23-28,33H2,1-14H3. The first kappa shape index (κ1) is 50.0. The second kappa shape index (κ2) is 24.8. The van der Waals surface area contributed by atoms with Gasteiger partial charge >= 0.3 is 17.6 Å². The Kier molecular flexibility index (Phi) is 21.8. The Bertz CT molecular complexity index is 1330. The highest BCUT2D eigenvalue weighted by molar-refractivity contribution is 7.99. The summed E-state index contributed by atoms with van der Waals surface area (Å²) in [6.45, 7) is 19.6. The second-order valence-electron chi connectivity index (χ2n) is 16.5. The molecule has 0 fully saturated rings. The third-order valence-corrected chi connectivity index (χ3v) is 19.1. The lowest BCUT2D eigenvalue weighted by molar-refractivity contribution is 0.123. The summed E-state index contributed by atoms with van der Waals surface area (Å²) in [5.41, 5.74) is 11.5. The van der Waals surface area contributed by atoms with E-state index in [9.17, 15) is 0 Å². The fourth-order valence-electron chi connectivity index (χ4n) is 7.77. The number of rotatable bonds is 28. The summed E-state index contributed by atoms with van der Waals surface area (Å²) < 4.78 is 33.6. The van der Waals surface area contributed by atoms with Gasteiger partial charge in [-0.15, -0.1) is 0 Å². The lowest BCUT2D eigenvalue weighted by Gasteiger charge is -2.32. The highest BCUT2D eigenvalue weighted by Crippen LogP contribution is 2.42. The molecule has 1 heterocycles. The van der Waals surface area contributed by atoms with Crippen LogP contribution in [-0.4, -0.2) is 89.9 Å². The van der Waals surface area contributed by atoms with Gasteiger partial charge in [-0.05, 0) is 119 Å². The van der Waals surface area contributed by atoms with Crippen molar-refractivity contribution in [1.82, 2.24) is 0 Å². The zero-order chi connectivity index (χ0) is 42.2. The molecule has 0 aliphatic carbocycles. The molecule has 0 saturated heterocycles.